The molecule has 0 atom stereocenters. The lowest BCUT2D eigenvalue weighted by Gasteiger charge is -2.29. The highest BCUT2D eigenvalue weighted by atomic mass is 32.1. The lowest BCUT2D eigenvalue weighted by molar-refractivity contribution is 1.32. The maximum absolute atomic E-state index is 2.52. The first kappa shape index (κ1) is 30.4. The molecule has 1 nitrogen and oxygen atoms in total. The monoisotopic (exact) mass is 709 g/mol. The van der Waals surface area contributed by atoms with Gasteiger partial charge in [0.05, 0.1) is 16.1 Å². The minimum absolute atomic E-state index is 1.13. The van der Waals surface area contributed by atoms with E-state index < -0.39 is 0 Å². The van der Waals surface area contributed by atoms with Gasteiger partial charge in [-0.2, -0.15) is 0 Å². The molecule has 0 aliphatic heterocycles. The van der Waals surface area contributed by atoms with E-state index in [2.05, 4.69) is 193 Å². The Morgan fingerprint density at radius 1 is 0.321 bits per heavy atom. The second kappa shape index (κ2) is 12.2. The van der Waals surface area contributed by atoms with E-state index in [0.29, 0.717) is 0 Å². The van der Waals surface area contributed by atoms with Crippen LogP contribution < -0.4 is 4.90 Å². The van der Waals surface area contributed by atoms with Crippen molar-refractivity contribution >= 4 is 102 Å². The zero-order valence-electron chi connectivity index (χ0n) is 28.7. The Bertz CT molecular complexity index is 3190. The average Bonchev–Trinajstić information content (AvgIpc) is 3.81. The summed E-state index contributed by atoms with van der Waals surface area (Å²) < 4.78 is 5.23. The molecule has 0 bridgehead atoms. The Morgan fingerprint density at radius 2 is 0.906 bits per heavy atom. The van der Waals surface area contributed by atoms with Crippen LogP contribution in [0.25, 0.3) is 84.1 Å². The van der Waals surface area contributed by atoms with Crippen molar-refractivity contribution < 1.29 is 0 Å². The molecule has 0 saturated carbocycles. The summed E-state index contributed by atoms with van der Waals surface area (Å²) in [6.07, 6.45) is 0. The fourth-order valence-corrected chi connectivity index (χ4v) is 10.7. The van der Waals surface area contributed by atoms with Crippen LogP contribution in [0.2, 0.25) is 0 Å². The van der Waals surface area contributed by atoms with Gasteiger partial charge in [-0.05, 0) is 69.2 Å². The molecule has 0 aliphatic carbocycles. The van der Waals surface area contributed by atoms with Gasteiger partial charge in [-0.1, -0.05) is 152 Å². The number of fused-ring (bicyclic) bond motifs is 9. The van der Waals surface area contributed by atoms with Gasteiger partial charge in [0.2, 0.25) is 0 Å². The predicted molar refractivity (Wildman–Crippen MR) is 233 cm³/mol. The molecule has 0 N–H and O–H groups in total. The normalized spacial score (nSPS) is 11.8. The molecule has 248 valence electrons. The SMILES string of the molecule is c1ccc(-c2cc(N(c3cc4ccccc4c4ccccc34)c3cccc4c3sc3ccccc34)ccc2-c2cccc3c2sc2ccccc23)cc1. The Hall–Kier alpha value is -6.26. The number of nitrogens with zero attached hydrogens (tertiary/aromatic N) is 1. The van der Waals surface area contributed by atoms with Crippen LogP contribution in [0.5, 0.6) is 0 Å². The first-order valence-corrected chi connectivity index (χ1v) is 19.6. The second-order valence-corrected chi connectivity index (χ2v) is 15.7. The summed E-state index contributed by atoms with van der Waals surface area (Å²) in [6.45, 7) is 0. The third-order valence-corrected chi connectivity index (χ3v) is 13.1. The second-order valence-electron chi connectivity index (χ2n) is 13.6. The van der Waals surface area contributed by atoms with E-state index in [0.717, 1.165) is 5.69 Å². The zero-order chi connectivity index (χ0) is 34.9. The quantitative estimate of drug-likeness (QED) is 0.161. The summed E-state index contributed by atoms with van der Waals surface area (Å²) in [7, 11) is 0. The van der Waals surface area contributed by atoms with Crippen molar-refractivity contribution in [1.82, 2.24) is 0 Å². The van der Waals surface area contributed by atoms with Gasteiger partial charge in [-0.3, -0.25) is 0 Å². The zero-order valence-corrected chi connectivity index (χ0v) is 30.3. The minimum Gasteiger partial charge on any atom is -0.308 e. The van der Waals surface area contributed by atoms with E-state index in [1.165, 1.54) is 95.5 Å². The topological polar surface area (TPSA) is 3.24 Å². The third kappa shape index (κ3) is 4.82. The van der Waals surface area contributed by atoms with E-state index in [4.69, 9.17) is 0 Å². The Labute approximate surface area is 315 Å². The highest BCUT2D eigenvalue weighted by Crippen LogP contribution is 2.50. The lowest BCUT2D eigenvalue weighted by Crippen LogP contribution is -2.11. The molecule has 0 spiro atoms. The van der Waals surface area contributed by atoms with Crippen LogP contribution in [-0.4, -0.2) is 0 Å². The van der Waals surface area contributed by atoms with Gasteiger partial charge < -0.3 is 4.90 Å². The van der Waals surface area contributed by atoms with Crippen molar-refractivity contribution in [1.29, 1.82) is 0 Å². The molecule has 9 aromatic carbocycles. The van der Waals surface area contributed by atoms with Crippen LogP contribution >= 0.6 is 22.7 Å². The van der Waals surface area contributed by atoms with Gasteiger partial charge in [0.15, 0.2) is 0 Å². The fraction of sp³-hybridized carbons (Fsp3) is 0. The average molecular weight is 710 g/mol. The molecule has 11 aromatic rings. The van der Waals surface area contributed by atoms with Crippen molar-refractivity contribution in [2.24, 2.45) is 0 Å². The Morgan fingerprint density at radius 3 is 1.68 bits per heavy atom. The van der Waals surface area contributed by atoms with Crippen molar-refractivity contribution in [3.63, 3.8) is 0 Å². The van der Waals surface area contributed by atoms with Gasteiger partial charge in [0.1, 0.15) is 0 Å². The molecule has 0 saturated heterocycles. The van der Waals surface area contributed by atoms with Crippen molar-refractivity contribution in [3.05, 3.63) is 188 Å². The van der Waals surface area contributed by atoms with Gasteiger partial charge in [0.25, 0.3) is 0 Å². The maximum Gasteiger partial charge on any atom is 0.0640 e. The van der Waals surface area contributed by atoms with Gasteiger partial charge in [0, 0.05) is 52.3 Å². The summed E-state index contributed by atoms with van der Waals surface area (Å²) in [5, 5.41) is 10.2. The number of anilines is 3. The summed E-state index contributed by atoms with van der Waals surface area (Å²) >= 11 is 3.77. The minimum atomic E-state index is 1.13. The van der Waals surface area contributed by atoms with Crippen molar-refractivity contribution in [2.75, 3.05) is 4.90 Å². The van der Waals surface area contributed by atoms with Crippen LogP contribution in [0.15, 0.2) is 188 Å². The highest BCUT2D eigenvalue weighted by Gasteiger charge is 2.23. The number of thiophene rings is 2. The molecule has 0 amide bonds. The van der Waals surface area contributed by atoms with Crippen LogP contribution in [-0.2, 0) is 0 Å². The molecular formula is C50H31NS2. The fourth-order valence-electron chi connectivity index (χ4n) is 8.26. The van der Waals surface area contributed by atoms with Crippen LogP contribution in [0.4, 0.5) is 17.1 Å². The van der Waals surface area contributed by atoms with E-state index >= 15 is 0 Å². The standard InChI is InChI=1S/C50H31NS2/c1-2-14-32(15-3-1)44-31-34(28-29-37(44)41-22-12-23-42-39-20-8-10-26-47(39)52-49(41)42)51(45-25-13-24-43-40-21-9-11-27-48(40)53-50(43)45)46-30-33-16-4-5-17-35(33)36-18-6-7-19-38(36)46/h1-31H. The number of benzene rings is 9. The predicted octanol–water partition coefficient (Wildman–Crippen LogP) is 15.5. The first-order chi connectivity index (χ1) is 26.3. The summed E-state index contributed by atoms with van der Waals surface area (Å²) in [4.78, 5) is 2.52. The summed E-state index contributed by atoms with van der Waals surface area (Å²) in [6, 6.07) is 69.2. The number of rotatable bonds is 5. The third-order valence-electron chi connectivity index (χ3n) is 10.7. The highest BCUT2D eigenvalue weighted by molar-refractivity contribution is 7.26. The van der Waals surface area contributed by atoms with Gasteiger partial charge in [-0.15, -0.1) is 22.7 Å². The molecule has 0 aliphatic rings. The molecule has 53 heavy (non-hydrogen) atoms. The Kier molecular flexibility index (Phi) is 6.97. The van der Waals surface area contributed by atoms with E-state index in [9.17, 15) is 0 Å². The molecule has 0 radical (unpaired) electrons. The number of hydrogen-bond acceptors (Lipinski definition) is 3. The largest absolute Gasteiger partial charge is 0.308 e. The van der Waals surface area contributed by atoms with Gasteiger partial charge >= 0.3 is 0 Å². The molecule has 11 rings (SSSR count). The van der Waals surface area contributed by atoms with Crippen molar-refractivity contribution in [2.45, 2.75) is 0 Å². The molecule has 2 heterocycles. The van der Waals surface area contributed by atoms with Crippen molar-refractivity contribution in [3.8, 4) is 22.3 Å². The first-order valence-electron chi connectivity index (χ1n) is 18.0. The van der Waals surface area contributed by atoms with E-state index in [-0.39, 0.29) is 0 Å². The lowest BCUT2D eigenvalue weighted by atomic mass is 9.92. The van der Waals surface area contributed by atoms with Gasteiger partial charge in [-0.25, -0.2) is 0 Å². The molecule has 2 aromatic heterocycles. The smallest absolute Gasteiger partial charge is 0.0640 e. The molecule has 0 unspecified atom stereocenters. The molecule has 0 fully saturated rings. The summed E-state index contributed by atoms with van der Waals surface area (Å²) in [5.74, 6) is 0. The maximum atomic E-state index is 2.52. The Balaban J connectivity index is 1.23. The van der Waals surface area contributed by atoms with E-state index in [1.807, 2.05) is 22.7 Å². The molecule has 3 heteroatoms. The summed E-state index contributed by atoms with van der Waals surface area (Å²) in [5.41, 5.74) is 8.40. The number of hydrogen-bond donors (Lipinski definition) is 0. The van der Waals surface area contributed by atoms with Crippen LogP contribution in [0.1, 0.15) is 0 Å². The van der Waals surface area contributed by atoms with Crippen LogP contribution in [0.3, 0.4) is 0 Å². The molecular weight excluding hydrogens is 679 g/mol. The van der Waals surface area contributed by atoms with Crippen LogP contribution in [0, 0.1) is 0 Å². The van der Waals surface area contributed by atoms with E-state index in [1.54, 1.807) is 0 Å².